The van der Waals surface area contributed by atoms with Crippen LogP contribution in [0.1, 0.15) is 4.88 Å². The van der Waals surface area contributed by atoms with Gasteiger partial charge in [-0.1, -0.05) is 23.7 Å². The van der Waals surface area contributed by atoms with Gasteiger partial charge in [-0.05, 0) is 29.6 Å². The van der Waals surface area contributed by atoms with Gasteiger partial charge in [-0.15, -0.1) is 11.3 Å². The lowest BCUT2D eigenvalue weighted by Gasteiger charge is -2.33. The fourth-order valence-electron chi connectivity index (χ4n) is 2.95. The molecule has 0 radical (unpaired) electrons. The molecule has 6 nitrogen and oxygen atoms in total. The molecule has 1 aromatic heterocycles. The highest BCUT2D eigenvalue weighted by Crippen LogP contribution is 2.19. The summed E-state index contributed by atoms with van der Waals surface area (Å²) < 4.78 is 0. The Morgan fingerprint density at radius 2 is 2.00 bits per heavy atom. The summed E-state index contributed by atoms with van der Waals surface area (Å²) >= 11 is 7.61. The van der Waals surface area contributed by atoms with E-state index in [0.29, 0.717) is 13.1 Å². The predicted octanol–water partition coefficient (Wildman–Crippen LogP) is 1.13. The Morgan fingerprint density at radius 1 is 1.19 bits per heavy atom. The molecule has 2 aromatic rings. The number of nitrogens with zero attached hydrogens (tertiary/aromatic N) is 1. The van der Waals surface area contributed by atoms with E-state index >= 15 is 0 Å². The number of nitrogens with one attached hydrogen (secondary N) is 3. The van der Waals surface area contributed by atoms with Crippen molar-refractivity contribution in [2.24, 2.45) is 0 Å². The maximum Gasteiger partial charge on any atom is 0.321 e. The number of hydrogen-bond donors (Lipinski definition) is 3. The Kier molecular flexibility index (Phi) is 6.49. The number of rotatable bonds is 5. The molecule has 1 fully saturated rings. The van der Waals surface area contributed by atoms with Crippen LogP contribution >= 0.6 is 22.9 Å². The van der Waals surface area contributed by atoms with E-state index in [9.17, 15) is 9.59 Å². The molecule has 0 bridgehead atoms. The molecule has 1 aromatic carbocycles. The highest BCUT2D eigenvalue weighted by molar-refractivity contribution is 7.09. The van der Waals surface area contributed by atoms with Gasteiger partial charge in [0.1, 0.15) is 0 Å². The van der Waals surface area contributed by atoms with Gasteiger partial charge in [-0.25, -0.2) is 4.79 Å². The van der Waals surface area contributed by atoms with Crippen molar-refractivity contribution in [2.45, 2.75) is 6.54 Å². The molecule has 0 unspecified atom stereocenters. The van der Waals surface area contributed by atoms with Crippen LogP contribution in [0, 0.1) is 0 Å². The number of carbonyl (C=O) groups is 2. The van der Waals surface area contributed by atoms with E-state index in [4.69, 9.17) is 11.6 Å². The summed E-state index contributed by atoms with van der Waals surface area (Å²) in [5.41, 5.74) is 1.11. The maximum absolute atomic E-state index is 12.1. The average molecular weight is 394 g/mol. The normalized spacial score (nSPS) is 14.9. The van der Waals surface area contributed by atoms with Crippen molar-refractivity contribution in [1.82, 2.24) is 10.6 Å². The number of benzene rings is 1. The van der Waals surface area contributed by atoms with Gasteiger partial charge in [-0.3, -0.25) is 10.1 Å². The van der Waals surface area contributed by atoms with Gasteiger partial charge in [0.2, 0.25) is 0 Å². The van der Waals surface area contributed by atoms with Gasteiger partial charge in [0, 0.05) is 15.6 Å². The SMILES string of the molecule is O=C(C[NH+]1CCN(c2cccc(Cl)c2)CC1)NC(=O)NCc1cccs1. The van der Waals surface area contributed by atoms with Gasteiger partial charge in [-0.2, -0.15) is 0 Å². The van der Waals surface area contributed by atoms with Crippen molar-refractivity contribution in [2.75, 3.05) is 37.6 Å². The Bertz CT molecular complexity index is 745. The van der Waals surface area contributed by atoms with Crippen LogP contribution in [0.4, 0.5) is 10.5 Å². The first-order chi connectivity index (χ1) is 12.6. The summed E-state index contributed by atoms with van der Waals surface area (Å²) in [5, 5.41) is 7.78. The molecule has 3 N–H and O–H groups in total. The van der Waals surface area contributed by atoms with E-state index in [2.05, 4.69) is 15.5 Å². The average Bonchev–Trinajstić information content (AvgIpc) is 3.14. The first kappa shape index (κ1) is 18.7. The molecule has 0 spiro atoms. The number of piperazine rings is 1. The highest BCUT2D eigenvalue weighted by atomic mass is 35.5. The largest absolute Gasteiger partial charge is 0.360 e. The summed E-state index contributed by atoms with van der Waals surface area (Å²) in [6, 6.07) is 11.2. The summed E-state index contributed by atoms with van der Waals surface area (Å²) in [4.78, 5) is 28.3. The maximum atomic E-state index is 12.1. The minimum absolute atomic E-state index is 0.250. The molecule has 1 aliphatic rings. The Labute approximate surface area is 161 Å². The van der Waals surface area contributed by atoms with Crippen molar-refractivity contribution in [3.05, 3.63) is 51.7 Å². The monoisotopic (exact) mass is 393 g/mol. The van der Waals surface area contributed by atoms with Gasteiger partial charge >= 0.3 is 6.03 Å². The molecule has 0 atom stereocenters. The van der Waals surface area contributed by atoms with Crippen LogP contribution in [0.25, 0.3) is 0 Å². The second-order valence-electron chi connectivity index (χ2n) is 6.20. The molecule has 26 heavy (non-hydrogen) atoms. The van der Waals surface area contributed by atoms with E-state index in [1.807, 2.05) is 41.8 Å². The molecule has 0 saturated carbocycles. The molecule has 1 saturated heterocycles. The van der Waals surface area contributed by atoms with Crippen molar-refractivity contribution in [3.63, 3.8) is 0 Å². The number of imide groups is 1. The number of quaternary nitrogens is 1. The van der Waals surface area contributed by atoms with Gasteiger partial charge < -0.3 is 15.1 Å². The lowest BCUT2D eigenvalue weighted by molar-refractivity contribution is -0.892. The van der Waals surface area contributed by atoms with Gasteiger partial charge in [0.05, 0.1) is 32.7 Å². The third-order valence-corrected chi connectivity index (χ3v) is 5.42. The molecule has 3 rings (SSSR count). The van der Waals surface area contributed by atoms with Crippen LogP contribution < -0.4 is 20.4 Å². The van der Waals surface area contributed by atoms with Gasteiger partial charge in [0.25, 0.3) is 5.91 Å². The number of carbonyl (C=O) groups excluding carboxylic acids is 2. The third kappa shape index (κ3) is 5.45. The summed E-state index contributed by atoms with van der Waals surface area (Å²) in [6.45, 7) is 4.13. The second-order valence-corrected chi connectivity index (χ2v) is 7.67. The van der Waals surface area contributed by atoms with Crippen molar-refractivity contribution in [3.8, 4) is 0 Å². The van der Waals surface area contributed by atoms with E-state index in [1.54, 1.807) is 11.3 Å². The van der Waals surface area contributed by atoms with Crippen LogP contribution in [-0.2, 0) is 11.3 Å². The number of amides is 3. The fraction of sp³-hybridized carbons (Fsp3) is 0.333. The molecule has 138 valence electrons. The predicted molar refractivity (Wildman–Crippen MR) is 104 cm³/mol. The Balaban J connectivity index is 1.38. The Morgan fingerprint density at radius 3 is 2.69 bits per heavy atom. The summed E-state index contributed by atoms with van der Waals surface area (Å²) in [7, 11) is 0. The first-order valence-corrected chi connectivity index (χ1v) is 9.80. The molecular weight excluding hydrogens is 372 g/mol. The van der Waals surface area contributed by atoms with Crippen LogP contribution in [0.3, 0.4) is 0 Å². The summed E-state index contributed by atoms with van der Waals surface area (Å²) in [6.07, 6.45) is 0. The van der Waals surface area contributed by atoms with E-state index in [1.165, 1.54) is 4.90 Å². The van der Waals surface area contributed by atoms with Crippen LogP contribution in [0.2, 0.25) is 5.02 Å². The van der Waals surface area contributed by atoms with Crippen molar-refractivity contribution in [1.29, 1.82) is 0 Å². The molecule has 1 aliphatic heterocycles. The number of anilines is 1. The van der Waals surface area contributed by atoms with Crippen molar-refractivity contribution < 1.29 is 14.5 Å². The lowest BCUT2D eigenvalue weighted by atomic mass is 10.2. The topological polar surface area (TPSA) is 65.9 Å². The molecule has 0 aliphatic carbocycles. The van der Waals surface area contributed by atoms with Crippen LogP contribution in [-0.4, -0.2) is 44.7 Å². The molecule has 8 heteroatoms. The van der Waals surface area contributed by atoms with E-state index < -0.39 is 6.03 Å². The number of thiophene rings is 1. The summed E-state index contributed by atoms with van der Waals surface area (Å²) in [5.74, 6) is -0.250. The smallest absolute Gasteiger partial charge is 0.321 e. The van der Waals surface area contributed by atoms with E-state index in [0.717, 1.165) is 41.8 Å². The zero-order chi connectivity index (χ0) is 18.4. The molecular formula is C18H22ClN4O2S+. The first-order valence-electron chi connectivity index (χ1n) is 8.54. The minimum atomic E-state index is -0.444. The molecule has 3 amide bonds. The minimum Gasteiger partial charge on any atom is -0.360 e. The standard InChI is InChI=1S/C18H21ClN4O2S/c19-14-3-1-4-15(11-14)23-8-6-22(7-9-23)13-17(24)21-18(25)20-12-16-5-2-10-26-16/h1-5,10-11H,6-9,12-13H2,(H2,20,21,24,25)/p+1. The molecule has 2 heterocycles. The number of hydrogen-bond acceptors (Lipinski definition) is 4. The van der Waals surface area contributed by atoms with E-state index in [-0.39, 0.29) is 5.91 Å². The third-order valence-electron chi connectivity index (χ3n) is 4.31. The quantitative estimate of drug-likeness (QED) is 0.713. The fourth-order valence-corrected chi connectivity index (χ4v) is 3.78. The number of urea groups is 1. The zero-order valence-electron chi connectivity index (χ0n) is 14.3. The van der Waals surface area contributed by atoms with Crippen molar-refractivity contribution >= 4 is 40.6 Å². The van der Waals surface area contributed by atoms with Gasteiger partial charge in [0.15, 0.2) is 6.54 Å². The Hall–Kier alpha value is -2.09. The second kappa shape index (κ2) is 9.02. The zero-order valence-corrected chi connectivity index (χ0v) is 15.9. The van der Waals surface area contributed by atoms with Crippen LogP contribution in [0.5, 0.6) is 0 Å². The van der Waals surface area contributed by atoms with Crippen LogP contribution in [0.15, 0.2) is 41.8 Å². The number of halogens is 1. The highest BCUT2D eigenvalue weighted by Gasteiger charge is 2.23. The lowest BCUT2D eigenvalue weighted by Crippen LogP contribution is -3.16.